The summed E-state index contributed by atoms with van der Waals surface area (Å²) in [5.41, 5.74) is 12.1. The number of phenols is 2. The van der Waals surface area contributed by atoms with Crippen LogP contribution in [0.3, 0.4) is 0 Å². The van der Waals surface area contributed by atoms with Gasteiger partial charge < -0.3 is 21.7 Å². The van der Waals surface area contributed by atoms with Gasteiger partial charge in [-0.15, -0.1) is 0 Å². The number of nitrogens with one attached hydrogen (secondary N) is 1. The number of rotatable bonds is 3. The quantitative estimate of drug-likeness (QED) is 0.412. The maximum absolute atomic E-state index is 12.1. The number of hydrogen-bond donors (Lipinski definition) is 5. The Kier molecular flexibility index (Phi) is 3.18. The normalized spacial score (nSPS) is 11.1. The number of aromatic amines is 1. The van der Waals surface area contributed by atoms with Gasteiger partial charge >= 0.3 is 0 Å². The number of H-pyrrole nitrogens is 1. The van der Waals surface area contributed by atoms with Crippen molar-refractivity contribution in [3.8, 4) is 17.2 Å². The molecule has 22 heavy (non-hydrogen) atoms. The second kappa shape index (κ2) is 5.04. The molecule has 1 aromatic carbocycles. The van der Waals surface area contributed by atoms with Gasteiger partial charge in [0.25, 0.3) is 5.56 Å². The van der Waals surface area contributed by atoms with Gasteiger partial charge in [-0.3, -0.25) is 14.3 Å². The predicted octanol–water partition coefficient (Wildman–Crippen LogP) is -0.397. The lowest BCUT2D eigenvalue weighted by Crippen LogP contribution is -2.14. The molecular weight excluding hydrogens is 288 g/mol. The molecule has 0 bridgehead atoms. The smallest absolute Gasteiger partial charge is 0.278 e. The second-order valence-corrected chi connectivity index (χ2v) is 4.75. The van der Waals surface area contributed by atoms with Gasteiger partial charge in [-0.1, -0.05) is 0 Å². The Hall–Kier alpha value is -3.07. The summed E-state index contributed by atoms with van der Waals surface area (Å²) in [5, 5.41) is 19.4. The van der Waals surface area contributed by atoms with Crippen molar-refractivity contribution in [2.24, 2.45) is 5.73 Å². The van der Waals surface area contributed by atoms with Gasteiger partial charge in [0, 0.05) is 6.07 Å². The molecule has 0 unspecified atom stereocenters. The van der Waals surface area contributed by atoms with E-state index in [9.17, 15) is 15.0 Å². The summed E-state index contributed by atoms with van der Waals surface area (Å²) in [7, 11) is 0. The minimum Gasteiger partial charge on any atom is -0.504 e. The van der Waals surface area contributed by atoms with E-state index in [0.29, 0.717) is 24.2 Å². The van der Waals surface area contributed by atoms with E-state index in [1.165, 1.54) is 23.0 Å². The molecule has 3 rings (SSSR count). The van der Waals surface area contributed by atoms with Crippen LogP contribution in [0.5, 0.6) is 11.5 Å². The van der Waals surface area contributed by atoms with E-state index >= 15 is 0 Å². The van der Waals surface area contributed by atoms with E-state index in [-0.39, 0.29) is 28.6 Å². The van der Waals surface area contributed by atoms with E-state index in [0.717, 1.165) is 0 Å². The zero-order valence-corrected chi connectivity index (χ0v) is 11.4. The van der Waals surface area contributed by atoms with Crippen LogP contribution in [0.15, 0.2) is 23.3 Å². The fourth-order valence-corrected chi connectivity index (χ4v) is 2.32. The molecule has 9 nitrogen and oxygen atoms in total. The van der Waals surface area contributed by atoms with Gasteiger partial charge in [0.05, 0.1) is 5.69 Å². The van der Waals surface area contributed by atoms with Crippen LogP contribution in [0.4, 0.5) is 5.95 Å². The highest BCUT2D eigenvalue weighted by atomic mass is 16.3. The molecule has 0 fully saturated rings. The minimum atomic E-state index is -0.453. The van der Waals surface area contributed by atoms with Crippen molar-refractivity contribution in [2.45, 2.75) is 6.42 Å². The number of imidazole rings is 1. The lowest BCUT2D eigenvalue weighted by molar-refractivity contribution is 0.403. The van der Waals surface area contributed by atoms with Crippen LogP contribution in [-0.4, -0.2) is 36.3 Å². The summed E-state index contributed by atoms with van der Waals surface area (Å²) in [5.74, 6) is -0.594. The number of nitrogens with zero attached hydrogens (tertiary/aromatic N) is 3. The number of aromatic nitrogens is 4. The van der Waals surface area contributed by atoms with Crippen molar-refractivity contribution < 1.29 is 10.2 Å². The molecule has 114 valence electrons. The molecule has 0 saturated carbocycles. The van der Waals surface area contributed by atoms with Crippen molar-refractivity contribution in [2.75, 3.05) is 12.3 Å². The molecule has 3 aromatic rings. The number of aromatic hydroxyl groups is 2. The average Bonchev–Trinajstić information content (AvgIpc) is 2.86. The third-order valence-electron chi connectivity index (χ3n) is 3.28. The van der Waals surface area contributed by atoms with E-state index in [1.54, 1.807) is 0 Å². The highest BCUT2D eigenvalue weighted by Gasteiger charge is 2.15. The SMILES string of the molecule is NCCc1cc(O)c(O)cc1-n1cnc2nc(N)[nH]c(=O)c21. The monoisotopic (exact) mass is 302 g/mol. The highest BCUT2D eigenvalue weighted by molar-refractivity contribution is 5.74. The Labute approximate surface area is 123 Å². The first-order valence-electron chi connectivity index (χ1n) is 6.49. The summed E-state index contributed by atoms with van der Waals surface area (Å²) >= 11 is 0. The van der Waals surface area contributed by atoms with Crippen molar-refractivity contribution in [1.29, 1.82) is 0 Å². The van der Waals surface area contributed by atoms with Crippen molar-refractivity contribution in [1.82, 2.24) is 19.5 Å². The van der Waals surface area contributed by atoms with Crippen molar-refractivity contribution in [3.63, 3.8) is 0 Å². The van der Waals surface area contributed by atoms with E-state index in [1.807, 2.05) is 0 Å². The molecule has 9 heteroatoms. The molecule has 2 aromatic heterocycles. The van der Waals surface area contributed by atoms with Crippen LogP contribution >= 0.6 is 0 Å². The molecule has 0 aliphatic heterocycles. The standard InChI is InChI=1S/C13H14N6O3/c14-2-1-6-3-8(20)9(21)4-7(6)19-5-16-11-10(19)12(22)18-13(15)17-11/h3-5,20-21H,1-2,14H2,(H3,15,17,18,22). The van der Waals surface area contributed by atoms with E-state index in [2.05, 4.69) is 15.0 Å². The first kappa shape index (κ1) is 13.9. The predicted molar refractivity (Wildman–Crippen MR) is 80.0 cm³/mol. The van der Waals surface area contributed by atoms with E-state index < -0.39 is 5.56 Å². The number of fused-ring (bicyclic) bond motifs is 1. The number of nitrogen functional groups attached to an aromatic ring is 1. The van der Waals surface area contributed by atoms with E-state index in [4.69, 9.17) is 11.5 Å². The Bertz CT molecular complexity index is 914. The third kappa shape index (κ3) is 2.13. The van der Waals surface area contributed by atoms with Gasteiger partial charge in [0.2, 0.25) is 5.95 Å². The summed E-state index contributed by atoms with van der Waals surface area (Å²) in [4.78, 5) is 22.5. The number of nitrogens with two attached hydrogens (primary N) is 2. The number of hydrogen-bond acceptors (Lipinski definition) is 7. The molecule has 0 spiro atoms. The van der Waals surface area contributed by atoms with Crippen LogP contribution in [0.2, 0.25) is 0 Å². The first-order valence-corrected chi connectivity index (χ1v) is 6.49. The summed E-state index contributed by atoms with van der Waals surface area (Å²) in [6.07, 6.45) is 1.85. The maximum atomic E-state index is 12.1. The van der Waals surface area contributed by atoms with Gasteiger partial charge in [0.1, 0.15) is 6.33 Å². The minimum absolute atomic E-state index is 0.0292. The summed E-state index contributed by atoms with van der Waals surface area (Å²) in [6, 6.07) is 2.75. The highest BCUT2D eigenvalue weighted by Crippen LogP contribution is 2.31. The molecular formula is C13H14N6O3. The average molecular weight is 302 g/mol. The summed E-state index contributed by atoms with van der Waals surface area (Å²) < 4.78 is 1.48. The van der Waals surface area contributed by atoms with Gasteiger partial charge in [-0.05, 0) is 24.6 Å². The van der Waals surface area contributed by atoms with Gasteiger partial charge in [-0.2, -0.15) is 4.98 Å². The first-order chi connectivity index (χ1) is 10.5. The summed E-state index contributed by atoms with van der Waals surface area (Å²) in [6.45, 7) is 0.339. The lowest BCUT2D eigenvalue weighted by Gasteiger charge is -2.12. The maximum Gasteiger partial charge on any atom is 0.278 e. The molecule has 0 atom stereocenters. The lowest BCUT2D eigenvalue weighted by atomic mass is 10.1. The Morgan fingerprint density at radius 1 is 1.27 bits per heavy atom. The van der Waals surface area contributed by atoms with Crippen LogP contribution in [0, 0.1) is 0 Å². The molecule has 0 aliphatic rings. The number of anilines is 1. The van der Waals surface area contributed by atoms with Crippen molar-refractivity contribution in [3.05, 3.63) is 34.4 Å². The molecule has 7 N–H and O–H groups in total. The third-order valence-corrected chi connectivity index (χ3v) is 3.28. The Morgan fingerprint density at radius 2 is 2.00 bits per heavy atom. The zero-order valence-electron chi connectivity index (χ0n) is 11.4. The Morgan fingerprint density at radius 3 is 2.73 bits per heavy atom. The molecule has 0 radical (unpaired) electrons. The second-order valence-electron chi connectivity index (χ2n) is 4.75. The fraction of sp³-hybridized carbons (Fsp3) is 0.154. The largest absolute Gasteiger partial charge is 0.504 e. The fourth-order valence-electron chi connectivity index (χ4n) is 2.32. The van der Waals surface area contributed by atoms with Crippen LogP contribution in [-0.2, 0) is 6.42 Å². The van der Waals surface area contributed by atoms with Crippen LogP contribution in [0.1, 0.15) is 5.56 Å². The molecule has 0 aliphatic carbocycles. The van der Waals surface area contributed by atoms with Gasteiger partial charge in [-0.25, -0.2) is 4.98 Å². The zero-order chi connectivity index (χ0) is 15.9. The Balaban J connectivity index is 2.32. The molecule has 0 saturated heterocycles. The van der Waals surface area contributed by atoms with Gasteiger partial charge in [0.15, 0.2) is 22.7 Å². The van der Waals surface area contributed by atoms with Crippen LogP contribution < -0.4 is 17.0 Å². The van der Waals surface area contributed by atoms with Crippen LogP contribution in [0.25, 0.3) is 16.9 Å². The topological polar surface area (TPSA) is 156 Å². The number of phenolic OH excluding ortho intramolecular Hbond substituents is 2. The number of benzene rings is 1. The van der Waals surface area contributed by atoms with Crippen molar-refractivity contribution >= 4 is 17.1 Å². The molecule has 0 amide bonds. The molecule has 2 heterocycles.